The summed E-state index contributed by atoms with van der Waals surface area (Å²) in [6, 6.07) is 9.01. The molecular weight excluding hydrogens is 329 g/mol. The highest BCUT2D eigenvalue weighted by Crippen LogP contribution is 2.26. The molecule has 0 aliphatic rings. The number of halogens is 2. The number of benzene rings is 2. The molecule has 0 saturated heterocycles. The van der Waals surface area contributed by atoms with Crippen LogP contribution in [0.3, 0.4) is 0 Å². The van der Waals surface area contributed by atoms with Crippen molar-refractivity contribution >= 4 is 21.6 Å². The molecule has 0 amide bonds. The SMILES string of the molecule is Cc1cc(F)ccc1OCc1ccc(Br)c([N+](=O)[O-])c1. The van der Waals surface area contributed by atoms with Crippen LogP contribution in [0.15, 0.2) is 40.9 Å². The quantitative estimate of drug-likeness (QED) is 0.613. The third-order valence-corrected chi connectivity index (χ3v) is 3.41. The van der Waals surface area contributed by atoms with E-state index in [0.717, 1.165) is 0 Å². The molecule has 0 fully saturated rings. The van der Waals surface area contributed by atoms with Gasteiger partial charge in [0.15, 0.2) is 0 Å². The number of hydrogen-bond donors (Lipinski definition) is 0. The van der Waals surface area contributed by atoms with E-state index in [1.54, 1.807) is 19.1 Å². The van der Waals surface area contributed by atoms with Crippen molar-refractivity contribution in [3.63, 3.8) is 0 Å². The second-order valence-electron chi connectivity index (χ2n) is 4.24. The number of nitrogens with zero attached hydrogens (tertiary/aromatic N) is 1. The fourth-order valence-electron chi connectivity index (χ4n) is 1.72. The first-order chi connectivity index (χ1) is 9.47. The van der Waals surface area contributed by atoms with E-state index in [2.05, 4.69) is 15.9 Å². The Morgan fingerprint density at radius 3 is 2.70 bits per heavy atom. The van der Waals surface area contributed by atoms with Gasteiger partial charge in [0, 0.05) is 6.07 Å². The summed E-state index contributed by atoms with van der Waals surface area (Å²) < 4.78 is 18.9. The molecule has 0 spiro atoms. The topological polar surface area (TPSA) is 52.4 Å². The van der Waals surface area contributed by atoms with Crippen LogP contribution in [0.25, 0.3) is 0 Å². The molecule has 0 aromatic heterocycles. The Kier molecular flexibility index (Phi) is 4.34. The zero-order valence-electron chi connectivity index (χ0n) is 10.6. The molecule has 0 bridgehead atoms. The molecule has 0 aliphatic carbocycles. The summed E-state index contributed by atoms with van der Waals surface area (Å²) >= 11 is 3.12. The molecular formula is C14H11BrFNO3. The van der Waals surface area contributed by atoms with Gasteiger partial charge in [-0.25, -0.2) is 4.39 Å². The van der Waals surface area contributed by atoms with E-state index in [0.29, 0.717) is 21.3 Å². The Bertz CT molecular complexity index is 661. The summed E-state index contributed by atoms with van der Waals surface area (Å²) in [5.74, 6) is 0.228. The monoisotopic (exact) mass is 339 g/mol. The van der Waals surface area contributed by atoms with Crippen LogP contribution in [0, 0.1) is 22.9 Å². The van der Waals surface area contributed by atoms with Gasteiger partial charge in [0.05, 0.1) is 9.40 Å². The van der Waals surface area contributed by atoms with Crippen LogP contribution in [0.4, 0.5) is 10.1 Å². The molecule has 0 aliphatic heterocycles. The van der Waals surface area contributed by atoms with Gasteiger partial charge in [0.25, 0.3) is 5.69 Å². The van der Waals surface area contributed by atoms with Crippen LogP contribution in [-0.2, 0) is 6.61 Å². The Morgan fingerprint density at radius 1 is 1.30 bits per heavy atom. The Morgan fingerprint density at radius 2 is 2.05 bits per heavy atom. The third kappa shape index (κ3) is 3.33. The molecule has 2 aromatic carbocycles. The van der Waals surface area contributed by atoms with Gasteiger partial charge in [-0.05, 0) is 58.2 Å². The largest absolute Gasteiger partial charge is 0.489 e. The number of hydrogen-bond acceptors (Lipinski definition) is 3. The molecule has 0 radical (unpaired) electrons. The molecule has 6 heteroatoms. The van der Waals surface area contributed by atoms with E-state index in [4.69, 9.17) is 4.74 Å². The minimum absolute atomic E-state index is 0.0121. The molecule has 2 rings (SSSR count). The summed E-state index contributed by atoms with van der Waals surface area (Å²) in [4.78, 5) is 10.4. The lowest BCUT2D eigenvalue weighted by atomic mass is 10.2. The summed E-state index contributed by atoms with van der Waals surface area (Å²) in [7, 11) is 0. The highest BCUT2D eigenvalue weighted by Gasteiger charge is 2.12. The van der Waals surface area contributed by atoms with Crippen LogP contribution < -0.4 is 4.74 Å². The number of nitro groups is 1. The van der Waals surface area contributed by atoms with E-state index < -0.39 is 4.92 Å². The molecule has 0 N–H and O–H groups in total. The first kappa shape index (κ1) is 14.5. The second kappa shape index (κ2) is 6.00. The molecule has 0 unspecified atom stereocenters. The van der Waals surface area contributed by atoms with Crippen molar-refractivity contribution in [1.82, 2.24) is 0 Å². The van der Waals surface area contributed by atoms with Gasteiger partial charge in [-0.2, -0.15) is 0 Å². The number of ether oxygens (including phenoxy) is 1. The third-order valence-electron chi connectivity index (χ3n) is 2.74. The number of aryl methyl sites for hydroxylation is 1. The van der Waals surface area contributed by atoms with Crippen molar-refractivity contribution in [1.29, 1.82) is 0 Å². The zero-order valence-corrected chi connectivity index (χ0v) is 12.2. The Labute approximate surface area is 123 Å². The van der Waals surface area contributed by atoms with Crippen LogP contribution in [-0.4, -0.2) is 4.92 Å². The molecule has 0 saturated carbocycles. The van der Waals surface area contributed by atoms with Gasteiger partial charge in [-0.3, -0.25) is 10.1 Å². The second-order valence-corrected chi connectivity index (χ2v) is 5.10. The van der Waals surface area contributed by atoms with Gasteiger partial charge in [0.1, 0.15) is 18.2 Å². The van der Waals surface area contributed by atoms with Gasteiger partial charge >= 0.3 is 0 Å². The fraction of sp³-hybridized carbons (Fsp3) is 0.143. The van der Waals surface area contributed by atoms with E-state index in [1.807, 2.05) is 0 Å². The average molecular weight is 340 g/mol. The highest BCUT2D eigenvalue weighted by atomic mass is 79.9. The molecule has 20 heavy (non-hydrogen) atoms. The molecule has 0 atom stereocenters. The molecule has 104 valence electrons. The highest BCUT2D eigenvalue weighted by molar-refractivity contribution is 9.10. The van der Waals surface area contributed by atoms with Crippen molar-refractivity contribution < 1.29 is 14.1 Å². The van der Waals surface area contributed by atoms with Gasteiger partial charge in [-0.15, -0.1) is 0 Å². The van der Waals surface area contributed by atoms with Crippen LogP contribution in [0.2, 0.25) is 0 Å². The molecule has 0 heterocycles. The fourth-order valence-corrected chi connectivity index (χ4v) is 2.12. The van der Waals surface area contributed by atoms with Crippen LogP contribution >= 0.6 is 15.9 Å². The average Bonchev–Trinajstić information content (AvgIpc) is 2.39. The van der Waals surface area contributed by atoms with Crippen LogP contribution in [0.1, 0.15) is 11.1 Å². The number of nitro benzene ring substituents is 1. The van der Waals surface area contributed by atoms with E-state index in [9.17, 15) is 14.5 Å². The van der Waals surface area contributed by atoms with Crippen LogP contribution in [0.5, 0.6) is 5.75 Å². The van der Waals surface area contributed by atoms with E-state index in [1.165, 1.54) is 24.3 Å². The lowest BCUT2D eigenvalue weighted by molar-refractivity contribution is -0.385. The van der Waals surface area contributed by atoms with E-state index >= 15 is 0 Å². The van der Waals surface area contributed by atoms with Crippen molar-refractivity contribution in [3.8, 4) is 5.75 Å². The Hall–Kier alpha value is -1.95. The number of rotatable bonds is 4. The molecule has 4 nitrogen and oxygen atoms in total. The minimum atomic E-state index is -0.462. The minimum Gasteiger partial charge on any atom is -0.489 e. The predicted molar refractivity (Wildman–Crippen MR) is 76.3 cm³/mol. The summed E-state index contributed by atoms with van der Waals surface area (Å²) in [6.45, 7) is 1.92. The van der Waals surface area contributed by atoms with Crippen molar-refractivity contribution in [2.75, 3.05) is 0 Å². The maximum Gasteiger partial charge on any atom is 0.283 e. The first-order valence-corrected chi connectivity index (χ1v) is 6.58. The van der Waals surface area contributed by atoms with Crippen molar-refractivity contribution in [2.45, 2.75) is 13.5 Å². The van der Waals surface area contributed by atoms with Crippen molar-refractivity contribution in [2.24, 2.45) is 0 Å². The summed E-state index contributed by atoms with van der Waals surface area (Å²) in [5.41, 5.74) is 1.34. The maximum absolute atomic E-state index is 13.0. The predicted octanol–water partition coefficient (Wildman–Crippen LogP) is 4.38. The smallest absolute Gasteiger partial charge is 0.283 e. The van der Waals surface area contributed by atoms with E-state index in [-0.39, 0.29) is 18.1 Å². The lowest BCUT2D eigenvalue weighted by Gasteiger charge is -2.09. The first-order valence-electron chi connectivity index (χ1n) is 5.79. The van der Waals surface area contributed by atoms with Crippen molar-refractivity contribution in [3.05, 3.63) is 67.9 Å². The standard InChI is InChI=1S/C14H11BrFNO3/c1-9-6-11(16)3-5-14(9)20-8-10-2-4-12(15)13(7-10)17(18)19/h2-7H,8H2,1H3. The maximum atomic E-state index is 13.0. The molecule has 2 aromatic rings. The van der Waals surface area contributed by atoms with Gasteiger partial charge < -0.3 is 4.74 Å². The summed E-state index contributed by atoms with van der Waals surface area (Å²) in [6.07, 6.45) is 0. The zero-order chi connectivity index (χ0) is 14.7. The van der Waals surface area contributed by atoms with Gasteiger partial charge in [-0.1, -0.05) is 6.07 Å². The van der Waals surface area contributed by atoms with Gasteiger partial charge in [0.2, 0.25) is 0 Å². The lowest BCUT2D eigenvalue weighted by Crippen LogP contribution is -1.99. The summed E-state index contributed by atoms with van der Waals surface area (Å²) in [5, 5.41) is 10.8. The Balaban J connectivity index is 2.15. The normalized spacial score (nSPS) is 10.3.